The van der Waals surface area contributed by atoms with E-state index in [0.29, 0.717) is 0 Å². The Labute approximate surface area is 98.3 Å². The largest absolute Gasteiger partial charge is 0.472 e. The SMILES string of the molecule is CNC(Cc1c(F)cccc1F)c1ccoc1. The molecule has 2 rings (SSSR count). The maximum absolute atomic E-state index is 13.5. The van der Waals surface area contributed by atoms with Gasteiger partial charge < -0.3 is 9.73 Å². The standard InChI is InChI=1S/C13H13F2NO/c1-16-13(9-5-6-17-8-9)7-10-11(14)3-2-4-12(10)15/h2-6,8,13,16H,7H2,1H3. The number of hydrogen-bond donors (Lipinski definition) is 1. The third-order valence-electron chi connectivity index (χ3n) is 2.76. The Bertz CT molecular complexity index is 462. The van der Waals surface area contributed by atoms with Crippen LogP contribution in [0.1, 0.15) is 17.2 Å². The van der Waals surface area contributed by atoms with Crippen molar-refractivity contribution < 1.29 is 13.2 Å². The topological polar surface area (TPSA) is 25.2 Å². The predicted octanol–water partition coefficient (Wildman–Crippen LogP) is 3.06. The molecule has 1 heterocycles. The van der Waals surface area contributed by atoms with Gasteiger partial charge in [-0.05, 0) is 31.7 Å². The first-order valence-electron chi connectivity index (χ1n) is 5.34. The van der Waals surface area contributed by atoms with E-state index in [-0.39, 0.29) is 18.0 Å². The van der Waals surface area contributed by atoms with Gasteiger partial charge in [0.1, 0.15) is 11.6 Å². The van der Waals surface area contributed by atoms with Crippen LogP contribution in [0.15, 0.2) is 41.2 Å². The first kappa shape index (κ1) is 11.8. The van der Waals surface area contributed by atoms with Crippen LogP contribution in [-0.4, -0.2) is 7.05 Å². The molecule has 0 aliphatic heterocycles. The lowest BCUT2D eigenvalue weighted by atomic mass is 10.0. The van der Waals surface area contributed by atoms with Gasteiger partial charge in [0, 0.05) is 17.2 Å². The molecule has 0 aliphatic rings. The molecule has 0 amide bonds. The van der Waals surface area contributed by atoms with Gasteiger partial charge in [-0.25, -0.2) is 8.78 Å². The van der Waals surface area contributed by atoms with Gasteiger partial charge in [-0.3, -0.25) is 0 Å². The highest BCUT2D eigenvalue weighted by molar-refractivity contribution is 5.23. The Hall–Kier alpha value is -1.68. The summed E-state index contributed by atoms with van der Waals surface area (Å²) in [6.07, 6.45) is 3.35. The molecule has 1 unspecified atom stereocenters. The van der Waals surface area contributed by atoms with Crippen LogP contribution >= 0.6 is 0 Å². The molecule has 0 aliphatic carbocycles. The minimum absolute atomic E-state index is 0.0908. The second kappa shape index (κ2) is 5.10. The van der Waals surface area contributed by atoms with E-state index in [1.165, 1.54) is 24.5 Å². The van der Waals surface area contributed by atoms with Crippen molar-refractivity contribution in [3.05, 3.63) is 59.6 Å². The molecular formula is C13H13F2NO. The van der Waals surface area contributed by atoms with Gasteiger partial charge in [-0.2, -0.15) is 0 Å². The zero-order valence-electron chi connectivity index (χ0n) is 9.41. The van der Waals surface area contributed by atoms with Gasteiger partial charge in [0.05, 0.1) is 12.5 Å². The number of rotatable bonds is 4. The van der Waals surface area contributed by atoms with E-state index in [2.05, 4.69) is 5.32 Å². The summed E-state index contributed by atoms with van der Waals surface area (Å²) in [6, 6.07) is 5.50. The van der Waals surface area contributed by atoms with Crippen LogP contribution < -0.4 is 5.32 Å². The van der Waals surface area contributed by atoms with Crippen LogP contribution in [-0.2, 0) is 6.42 Å². The van der Waals surface area contributed by atoms with Gasteiger partial charge >= 0.3 is 0 Å². The van der Waals surface area contributed by atoms with Crippen molar-refractivity contribution in [2.24, 2.45) is 0 Å². The normalized spacial score (nSPS) is 12.6. The third kappa shape index (κ3) is 2.53. The zero-order chi connectivity index (χ0) is 12.3. The molecule has 2 aromatic rings. The maximum Gasteiger partial charge on any atom is 0.129 e. The Morgan fingerprint density at radius 1 is 1.24 bits per heavy atom. The second-order valence-electron chi connectivity index (χ2n) is 3.80. The van der Waals surface area contributed by atoms with Gasteiger partial charge in [-0.1, -0.05) is 6.07 Å². The van der Waals surface area contributed by atoms with Crippen molar-refractivity contribution >= 4 is 0 Å². The van der Waals surface area contributed by atoms with Crippen molar-refractivity contribution in [3.8, 4) is 0 Å². The molecule has 0 saturated carbocycles. The zero-order valence-corrected chi connectivity index (χ0v) is 9.41. The van der Waals surface area contributed by atoms with Crippen molar-refractivity contribution in [2.45, 2.75) is 12.5 Å². The summed E-state index contributed by atoms with van der Waals surface area (Å²) in [5.41, 5.74) is 0.961. The highest BCUT2D eigenvalue weighted by Gasteiger charge is 2.16. The van der Waals surface area contributed by atoms with Gasteiger partial charge in [0.25, 0.3) is 0 Å². The minimum atomic E-state index is -0.520. The highest BCUT2D eigenvalue weighted by Crippen LogP contribution is 2.22. The van der Waals surface area contributed by atoms with Crippen LogP contribution in [0.2, 0.25) is 0 Å². The fraction of sp³-hybridized carbons (Fsp3) is 0.231. The first-order valence-corrected chi connectivity index (χ1v) is 5.34. The fourth-order valence-corrected chi connectivity index (χ4v) is 1.79. The Balaban J connectivity index is 2.25. The average Bonchev–Trinajstić information content (AvgIpc) is 2.82. The van der Waals surface area contributed by atoms with Gasteiger partial charge in [-0.15, -0.1) is 0 Å². The summed E-state index contributed by atoms with van der Waals surface area (Å²) in [4.78, 5) is 0. The highest BCUT2D eigenvalue weighted by atomic mass is 19.1. The monoisotopic (exact) mass is 237 g/mol. The molecule has 1 N–H and O–H groups in total. The Morgan fingerprint density at radius 3 is 2.47 bits per heavy atom. The van der Waals surface area contributed by atoms with E-state index in [1.807, 2.05) is 0 Å². The number of nitrogens with one attached hydrogen (secondary N) is 1. The number of hydrogen-bond acceptors (Lipinski definition) is 2. The number of furan rings is 1. The summed E-state index contributed by atoms with van der Waals surface area (Å²) >= 11 is 0. The van der Waals surface area contributed by atoms with E-state index in [1.54, 1.807) is 19.4 Å². The second-order valence-corrected chi connectivity index (χ2v) is 3.80. The lowest BCUT2D eigenvalue weighted by Gasteiger charge is -2.15. The van der Waals surface area contributed by atoms with Crippen molar-refractivity contribution in [2.75, 3.05) is 7.05 Å². The van der Waals surface area contributed by atoms with Crippen LogP contribution in [0, 0.1) is 11.6 Å². The van der Waals surface area contributed by atoms with Crippen molar-refractivity contribution in [3.63, 3.8) is 0 Å². The summed E-state index contributed by atoms with van der Waals surface area (Å²) < 4.78 is 32.0. The molecule has 90 valence electrons. The summed E-state index contributed by atoms with van der Waals surface area (Å²) in [5.74, 6) is -1.04. The molecule has 1 aromatic carbocycles. The smallest absolute Gasteiger partial charge is 0.129 e. The van der Waals surface area contributed by atoms with Crippen LogP contribution in [0.3, 0.4) is 0 Å². The minimum Gasteiger partial charge on any atom is -0.472 e. The van der Waals surface area contributed by atoms with Crippen LogP contribution in [0.5, 0.6) is 0 Å². The lowest BCUT2D eigenvalue weighted by molar-refractivity contribution is 0.507. The van der Waals surface area contributed by atoms with E-state index in [4.69, 9.17) is 4.42 Å². The molecule has 1 aromatic heterocycles. The maximum atomic E-state index is 13.5. The third-order valence-corrected chi connectivity index (χ3v) is 2.76. The van der Waals surface area contributed by atoms with Crippen LogP contribution in [0.25, 0.3) is 0 Å². The molecular weight excluding hydrogens is 224 g/mol. The first-order chi connectivity index (χ1) is 8.22. The predicted molar refractivity (Wildman–Crippen MR) is 60.6 cm³/mol. The molecule has 0 bridgehead atoms. The lowest BCUT2D eigenvalue weighted by Crippen LogP contribution is -2.19. The molecule has 4 heteroatoms. The van der Waals surface area contributed by atoms with Gasteiger partial charge in [0.2, 0.25) is 0 Å². The number of halogens is 2. The number of benzene rings is 1. The summed E-state index contributed by atoms with van der Waals surface area (Å²) in [6.45, 7) is 0. The average molecular weight is 237 g/mol. The quantitative estimate of drug-likeness (QED) is 0.884. The molecule has 2 nitrogen and oxygen atoms in total. The van der Waals surface area contributed by atoms with Crippen molar-refractivity contribution in [1.29, 1.82) is 0 Å². The van der Waals surface area contributed by atoms with Crippen LogP contribution in [0.4, 0.5) is 8.78 Å². The molecule has 0 radical (unpaired) electrons. The van der Waals surface area contributed by atoms with E-state index < -0.39 is 11.6 Å². The van der Waals surface area contributed by atoms with E-state index in [9.17, 15) is 8.78 Å². The Morgan fingerprint density at radius 2 is 1.94 bits per heavy atom. The molecule has 0 fully saturated rings. The molecule has 1 atom stereocenters. The van der Waals surface area contributed by atoms with E-state index in [0.717, 1.165) is 5.56 Å². The summed E-state index contributed by atoms with van der Waals surface area (Å²) in [7, 11) is 1.75. The van der Waals surface area contributed by atoms with E-state index >= 15 is 0 Å². The summed E-state index contributed by atoms with van der Waals surface area (Å²) in [5, 5.41) is 3.01. The molecule has 0 saturated heterocycles. The Kier molecular flexibility index (Phi) is 3.54. The van der Waals surface area contributed by atoms with Gasteiger partial charge in [0.15, 0.2) is 0 Å². The number of likely N-dealkylation sites (N-methyl/N-ethyl adjacent to an activating group) is 1. The molecule has 0 spiro atoms. The molecule has 17 heavy (non-hydrogen) atoms. The van der Waals surface area contributed by atoms with Crippen molar-refractivity contribution in [1.82, 2.24) is 5.32 Å². The fourth-order valence-electron chi connectivity index (χ4n) is 1.79.